The number of esters is 1. The normalized spacial score (nSPS) is 54.5. The molecule has 4 fully saturated rings. The van der Waals surface area contributed by atoms with Crippen LogP contribution in [0, 0.1) is 56.7 Å². The minimum Gasteiger partial charge on any atom is -0.459 e. The van der Waals surface area contributed by atoms with Gasteiger partial charge in [-0.25, -0.2) is 0 Å². The Labute approximate surface area is 224 Å². The summed E-state index contributed by atoms with van der Waals surface area (Å²) in [6.07, 6.45) is 5.40. The number of fused-ring (bicyclic) bond motifs is 7. The number of hydrogen-bond donors (Lipinski definition) is 3. The number of carbonyl (C=O) groups excluding carboxylic acids is 1. The molecule has 0 amide bonds. The Bertz CT molecular complexity index is 986. The molecule has 4 saturated carbocycles. The average molecular weight is 517 g/mol. The summed E-state index contributed by atoms with van der Waals surface area (Å²) in [6.45, 7) is 19.8. The maximum atomic E-state index is 12.0. The molecule has 0 spiro atoms. The SMILES string of the molecule is CC(=O)O[C@H]1[C@H](O)C[C@]2(C)C3=CC[C@@]4(C)[C@@H]5[C@H](O)C[C@@H](C(C)C)[C@]5(C)CC[C@]4(C)[C@@H]3[C@@H](O)C[C@H]2C1(C)C. The van der Waals surface area contributed by atoms with Crippen LogP contribution in [-0.4, -0.2) is 45.7 Å². The minimum absolute atomic E-state index is 0.00984. The Kier molecular flexibility index (Phi) is 6.20. The Balaban J connectivity index is 1.59. The molecule has 0 heterocycles. The van der Waals surface area contributed by atoms with Crippen LogP contribution in [0.5, 0.6) is 0 Å². The number of rotatable bonds is 2. The monoisotopic (exact) mass is 516 g/mol. The fraction of sp³-hybridized carbons (Fsp3) is 0.906. The topological polar surface area (TPSA) is 87.0 Å². The number of hydrogen-bond acceptors (Lipinski definition) is 5. The molecule has 0 aliphatic heterocycles. The van der Waals surface area contributed by atoms with E-state index in [-0.39, 0.29) is 51.5 Å². The van der Waals surface area contributed by atoms with E-state index in [1.54, 1.807) is 0 Å². The predicted octanol–water partition coefficient (Wildman–Crippen LogP) is 5.51. The van der Waals surface area contributed by atoms with Crippen molar-refractivity contribution >= 4 is 5.97 Å². The fourth-order valence-electron chi connectivity index (χ4n) is 11.8. The predicted molar refractivity (Wildman–Crippen MR) is 144 cm³/mol. The molecule has 12 atom stereocenters. The number of aliphatic hydroxyl groups excluding tert-OH is 3. The second-order valence-electron chi connectivity index (χ2n) is 15.7. The number of ether oxygens (including phenoxy) is 1. The van der Waals surface area contributed by atoms with E-state index in [2.05, 4.69) is 61.5 Å². The highest BCUT2D eigenvalue weighted by Crippen LogP contribution is 2.76. The Morgan fingerprint density at radius 3 is 2.19 bits per heavy atom. The van der Waals surface area contributed by atoms with Crippen molar-refractivity contribution in [1.82, 2.24) is 0 Å². The van der Waals surface area contributed by atoms with Crippen LogP contribution in [0.15, 0.2) is 11.6 Å². The summed E-state index contributed by atoms with van der Waals surface area (Å²) in [4.78, 5) is 11.9. The molecule has 5 heteroatoms. The van der Waals surface area contributed by atoms with Crippen LogP contribution in [0.2, 0.25) is 0 Å². The van der Waals surface area contributed by atoms with Gasteiger partial charge in [0, 0.05) is 18.3 Å². The van der Waals surface area contributed by atoms with Crippen molar-refractivity contribution in [3.63, 3.8) is 0 Å². The third-order valence-corrected chi connectivity index (χ3v) is 13.4. The van der Waals surface area contributed by atoms with Gasteiger partial charge in [0.15, 0.2) is 0 Å². The summed E-state index contributed by atoms with van der Waals surface area (Å²) in [5, 5.41) is 34.9. The van der Waals surface area contributed by atoms with Gasteiger partial charge >= 0.3 is 5.97 Å². The Morgan fingerprint density at radius 2 is 1.59 bits per heavy atom. The number of carbonyl (C=O) groups is 1. The molecule has 37 heavy (non-hydrogen) atoms. The second-order valence-corrected chi connectivity index (χ2v) is 15.7. The van der Waals surface area contributed by atoms with E-state index in [1.165, 1.54) is 12.5 Å². The molecule has 0 radical (unpaired) electrons. The number of aliphatic hydroxyl groups is 3. The molecule has 0 unspecified atom stereocenters. The highest BCUT2D eigenvalue weighted by molar-refractivity contribution is 5.66. The van der Waals surface area contributed by atoms with Crippen molar-refractivity contribution < 1.29 is 24.9 Å². The van der Waals surface area contributed by atoms with Crippen molar-refractivity contribution in [2.75, 3.05) is 0 Å². The summed E-state index contributed by atoms with van der Waals surface area (Å²) < 4.78 is 5.69. The quantitative estimate of drug-likeness (QED) is 0.333. The molecule has 0 aromatic heterocycles. The van der Waals surface area contributed by atoms with Crippen LogP contribution in [0.25, 0.3) is 0 Å². The molecule has 0 bridgehead atoms. The largest absolute Gasteiger partial charge is 0.459 e. The lowest BCUT2D eigenvalue weighted by Crippen LogP contribution is -2.67. The zero-order valence-corrected chi connectivity index (χ0v) is 24.7. The van der Waals surface area contributed by atoms with Crippen LogP contribution >= 0.6 is 0 Å². The Hall–Kier alpha value is -0.910. The molecule has 5 aliphatic carbocycles. The van der Waals surface area contributed by atoms with Gasteiger partial charge in [-0.05, 0) is 83.9 Å². The van der Waals surface area contributed by atoms with Gasteiger partial charge in [-0.2, -0.15) is 0 Å². The molecule has 0 saturated heterocycles. The lowest BCUT2D eigenvalue weighted by Gasteiger charge is -2.70. The van der Waals surface area contributed by atoms with Gasteiger partial charge in [-0.1, -0.05) is 67.0 Å². The van der Waals surface area contributed by atoms with Crippen molar-refractivity contribution in [1.29, 1.82) is 0 Å². The van der Waals surface area contributed by atoms with Crippen LogP contribution in [0.3, 0.4) is 0 Å². The van der Waals surface area contributed by atoms with E-state index in [0.717, 1.165) is 25.7 Å². The van der Waals surface area contributed by atoms with Crippen LogP contribution < -0.4 is 0 Å². The molecular formula is C32H52O5. The van der Waals surface area contributed by atoms with Crippen LogP contribution in [-0.2, 0) is 9.53 Å². The molecule has 0 aromatic carbocycles. The molecule has 5 aliphatic rings. The molecule has 5 rings (SSSR count). The average Bonchev–Trinajstić information content (AvgIpc) is 3.05. The van der Waals surface area contributed by atoms with Crippen molar-refractivity contribution in [2.45, 2.75) is 125 Å². The van der Waals surface area contributed by atoms with Crippen molar-refractivity contribution in [2.24, 2.45) is 56.7 Å². The van der Waals surface area contributed by atoms with Gasteiger partial charge in [0.2, 0.25) is 0 Å². The lowest BCUT2D eigenvalue weighted by molar-refractivity contribution is -0.222. The first kappa shape index (κ1) is 27.6. The highest BCUT2D eigenvalue weighted by atomic mass is 16.6. The first-order valence-electron chi connectivity index (χ1n) is 14.9. The van der Waals surface area contributed by atoms with E-state index in [9.17, 15) is 20.1 Å². The summed E-state index contributed by atoms with van der Waals surface area (Å²) in [5.74, 6) is 1.01. The van der Waals surface area contributed by atoms with Gasteiger partial charge < -0.3 is 20.1 Å². The highest BCUT2D eigenvalue weighted by Gasteiger charge is 2.72. The number of allylic oxidation sites excluding steroid dienone is 1. The van der Waals surface area contributed by atoms with Crippen LogP contribution in [0.4, 0.5) is 0 Å². The van der Waals surface area contributed by atoms with Gasteiger partial charge in [-0.3, -0.25) is 4.79 Å². The summed E-state index contributed by atoms with van der Waals surface area (Å²) >= 11 is 0. The van der Waals surface area contributed by atoms with E-state index in [0.29, 0.717) is 24.7 Å². The van der Waals surface area contributed by atoms with Gasteiger partial charge in [0.25, 0.3) is 0 Å². The lowest BCUT2D eigenvalue weighted by atomic mass is 9.35. The molecule has 0 aromatic rings. The van der Waals surface area contributed by atoms with Crippen molar-refractivity contribution in [3.05, 3.63) is 11.6 Å². The van der Waals surface area contributed by atoms with Gasteiger partial charge in [0.1, 0.15) is 6.10 Å². The summed E-state index contributed by atoms with van der Waals surface area (Å²) in [5.41, 5.74) is 0.432. The zero-order chi connectivity index (χ0) is 27.5. The van der Waals surface area contributed by atoms with Gasteiger partial charge in [0.05, 0.1) is 18.3 Å². The maximum absolute atomic E-state index is 12.0. The fourth-order valence-corrected chi connectivity index (χ4v) is 11.8. The Morgan fingerprint density at radius 1 is 0.946 bits per heavy atom. The van der Waals surface area contributed by atoms with Gasteiger partial charge in [-0.15, -0.1) is 0 Å². The minimum atomic E-state index is -0.740. The first-order valence-corrected chi connectivity index (χ1v) is 14.9. The maximum Gasteiger partial charge on any atom is 0.303 e. The third kappa shape index (κ3) is 3.41. The van der Waals surface area contributed by atoms with Crippen molar-refractivity contribution in [3.8, 4) is 0 Å². The van der Waals surface area contributed by atoms with E-state index in [4.69, 9.17) is 4.74 Å². The molecule has 210 valence electrons. The summed E-state index contributed by atoms with van der Waals surface area (Å²) in [7, 11) is 0. The summed E-state index contributed by atoms with van der Waals surface area (Å²) in [6, 6.07) is 0. The molecular weight excluding hydrogens is 464 g/mol. The second kappa shape index (κ2) is 8.30. The zero-order valence-electron chi connectivity index (χ0n) is 24.7. The van der Waals surface area contributed by atoms with Crippen LogP contribution in [0.1, 0.15) is 101 Å². The molecule has 3 N–H and O–H groups in total. The molecule has 5 nitrogen and oxygen atoms in total. The first-order chi connectivity index (χ1) is 16.9. The van der Waals surface area contributed by atoms with E-state index >= 15 is 0 Å². The third-order valence-electron chi connectivity index (χ3n) is 13.4. The van der Waals surface area contributed by atoms with E-state index in [1.807, 2.05) is 0 Å². The smallest absolute Gasteiger partial charge is 0.303 e. The standard InChI is InChI=1S/C32H52O5/c1-17(2)20-14-22(35)26-29(20,6)12-13-31(8)25-19(10-11-32(26,31)9)30(7)16-23(36)27(37-18(3)33)28(4,5)24(30)15-21(25)34/h10,17,20-27,34-36H,11-16H2,1-9H3/t20-,21-,22+,23+,24-,25-,26+,27-,29-,30+,31+,32-/m0/s1. The van der Waals surface area contributed by atoms with E-state index < -0.39 is 23.7 Å².